The van der Waals surface area contributed by atoms with Gasteiger partial charge in [0.05, 0.1) is 38.6 Å². The van der Waals surface area contributed by atoms with Crippen LogP contribution in [0.15, 0.2) is 109 Å². The van der Waals surface area contributed by atoms with Gasteiger partial charge in [0.1, 0.15) is 73.2 Å². The van der Waals surface area contributed by atoms with Gasteiger partial charge in [0, 0.05) is 6.42 Å². The zero-order valence-electron chi connectivity index (χ0n) is 61.4. The van der Waals surface area contributed by atoms with E-state index in [1.807, 2.05) is 6.08 Å². The summed E-state index contributed by atoms with van der Waals surface area (Å²) in [7, 11) is 0. The standard InChI is InChI=1S/C81H139NO18/c1-3-5-7-9-11-13-15-17-19-21-23-25-27-29-31-32-33-35-37-39-41-43-45-47-49-51-53-55-57-59-69(87)82-64(65(86)58-56-54-52-50-48-46-44-42-40-38-36-34-30-28-26-24-22-20-18-16-14-12-10-8-6-4-2)63-95-79-75(93)72(90)77(67(61-84)97-79)100-81-76(94)73(91)78(68(62-85)98-81)99-80-74(92)71(89)70(88)66(60-83)96-80/h5,7,11,13,17,19,23,25,29,31,33,35,39,41,45,47,56,58,64-68,70-81,83-86,88-94H,3-4,6,8-10,12,14-16,18,20-22,24,26-28,30,32,34,36-38,40,42-44,46,48-55,57,59-63H2,1-2H3,(H,82,87)/b7-5-,13-11-,19-17-,25-23-,31-29-,35-33-,41-39-,47-45-,58-56+. The third-order valence-electron chi connectivity index (χ3n) is 18.8. The van der Waals surface area contributed by atoms with Gasteiger partial charge in [-0.15, -0.1) is 0 Å². The fourth-order valence-electron chi connectivity index (χ4n) is 12.6. The average Bonchev–Trinajstić information content (AvgIpc) is 0.783. The van der Waals surface area contributed by atoms with Crippen molar-refractivity contribution >= 4 is 5.91 Å². The summed E-state index contributed by atoms with van der Waals surface area (Å²) >= 11 is 0. The van der Waals surface area contributed by atoms with Crippen LogP contribution in [0.4, 0.5) is 0 Å². The number of carbonyl (C=O) groups excluding carboxylic acids is 1. The molecule has 19 heteroatoms. The average molecular weight is 1410 g/mol. The summed E-state index contributed by atoms with van der Waals surface area (Å²) in [6, 6.07) is -0.997. The first kappa shape index (κ1) is 90.7. The van der Waals surface area contributed by atoms with Gasteiger partial charge in [-0.2, -0.15) is 0 Å². The maximum absolute atomic E-state index is 13.5. The number of nitrogens with one attached hydrogen (secondary N) is 1. The largest absolute Gasteiger partial charge is 0.394 e. The zero-order valence-corrected chi connectivity index (χ0v) is 61.4. The van der Waals surface area contributed by atoms with Gasteiger partial charge in [0.15, 0.2) is 18.9 Å². The lowest BCUT2D eigenvalue weighted by Crippen LogP contribution is -2.66. The van der Waals surface area contributed by atoms with Crippen molar-refractivity contribution in [2.45, 2.75) is 369 Å². The quantitative estimate of drug-likeness (QED) is 0.0199. The molecule has 1 amide bonds. The third-order valence-corrected chi connectivity index (χ3v) is 18.8. The minimum atomic E-state index is -1.99. The molecular weight excluding hydrogens is 1270 g/mol. The van der Waals surface area contributed by atoms with Crippen LogP contribution in [-0.2, 0) is 33.2 Å². The van der Waals surface area contributed by atoms with Crippen LogP contribution in [0.1, 0.15) is 264 Å². The second-order valence-corrected chi connectivity index (χ2v) is 27.4. The van der Waals surface area contributed by atoms with Crippen LogP contribution in [0.5, 0.6) is 0 Å². The van der Waals surface area contributed by atoms with Gasteiger partial charge in [0.2, 0.25) is 5.91 Å². The molecule has 3 rings (SSSR count). The Morgan fingerprint density at radius 2 is 0.690 bits per heavy atom. The Morgan fingerprint density at radius 1 is 0.370 bits per heavy atom. The number of aliphatic hydroxyl groups excluding tert-OH is 11. The summed E-state index contributed by atoms with van der Waals surface area (Å²) in [6.07, 6.45) is 56.3. The highest BCUT2D eigenvalue weighted by Crippen LogP contribution is 2.33. The van der Waals surface area contributed by atoms with Crippen LogP contribution in [0.3, 0.4) is 0 Å². The molecule has 100 heavy (non-hydrogen) atoms. The number of amides is 1. The summed E-state index contributed by atoms with van der Waals surface area (Å²) in [6.45, 7) is 1.62. The first-order valence-electron chi connectivity index (χ1n) is 39.1. The maximum atomic E-state index is 13.5. The van der Waals surface area contributed by atoms with Crippen molar-refractivity contribution in [2.24, 2.45) is 0 Å². The van der Waals surface area contributed by atoms with Crippen molar-refractivity contribution in [2.75, 3.05) is 26.4 Å². The highest BCUT2D eigenvalue weighted by Gasteiger charge is 2.53. The molecule has 17 unspecified atom stereocenters. The van der Waals surface area contributed by atoms with Crippen molar-refractivity contribution in [1.82, 2.24) is 5.32 Å². The lowest BCUT2D eigenvalue weighted by molar-refractivity contribution is -0.379. The van der Waals surface area contributed by atoms with E-state index < -0.39 is 124 Å². The normalized spacial score (nSPS) is 27.1. The van der Waals surface area contributed by atoms with E-state index in [2.05, 4.69) is 116 Å². The van der Waals surface area contributed by atoms with E-state index in [0.29, 0.717) is 6.42 Å². The molecule has 0 radical (unpaired) electrons. The molecule has 0 bridgehead atoms. The van der Waals surface area contributed by atoms with Gasteiger partial charge in [-0.05, 0) is 83.5 Å². The molecule has 0 spiro atoms. The van der Waals surface area contributed by atoms with E-state index in [4.69, 9.17) is 28.4 Å². The third kappa shape index (κ3) is 40.6. The summed E-state index contributed by atoms with van der Waals surface area (Å²) in [5, 5.41) is 121. The summed E-state index contributed by atoms with van der Waals surface area (Å²) in [4.78, 5) is 13.5. The van der Waals surface area contributed by atoms with E-state index in [1.165, 1.54) is 135 Å². The summed E-state index contributed by atoms with van der Waals surface area (Å²) < 4.78 is 34.4. The Bertz CT molecular complexity index is 2230. The number of unbranched alkanes of at least 4 members (excludes halogenated alkanes) is 28. The Kier molecular flexibility index (Phi) is 55.0. The SMILES string of the molecule is CC/C=C\C/C=C\C/C=C\C/C=C\C/C=C\C/C=C\C/C=C\C/C=C\CCCCCCC(=O)NC(COC1OC(CO)C(OC2OC(CO)C(OC3OC(CO)C(O)C(O)C3O)C(O)C2O)C(O)C1O)C(O)/C=C/CCCCCCCCCCCCCCCCCCCCCCCCCC. The van der Waals surface area contributed by atoms with Crippen molar-refractivity contribution in [1.29, 1.82) is 0 Å². The fourth-order valence-corrected chi connectivity index (χ4v) is 12.6. The zero-order chi connectivity index (χ0) is 72.5. The van der Waals surface area contributed by atoms with Crippen molar-refractivity contribution < 1.29 is 89.4 Å². The first-order valence-corrected chi connectivity index (χ1v) is 39.1. The Morgan fingerprint density at radius 3 is 1.08 bits per heavy atom. The molecule has 3 aliphatic rings. The van der Waals surface area contributed by atoms with Crippen molar-refractivity contribution in [3.05, 3.63) is 109 Å². The Hall–Kier alpha value is -3.55. The second kappa shape index (κ2) is 60.7. The van der Waals surface area contributed by atoms with Crippen LogP contribution in [0.25, 0.3) is 0 Å². The number of ether oxygens (including phenoxy) is 6. The molecule has 0 aliphatic carbocycles. The molecule has 0 aromatic carbocycles. The molecule has 12 N–H and O–H groups in total. The lowest BCUT2D eigenvalue weighted by atomic mass is 9.96. The number of aliphatic hydroxyl groups is 11. The molecule has 0 aromatic rings. The van der Waals surface area contributed by atoms with E-state index in [9.17, 15) is 61.0 Å². The first-order chi connectivity index (χ1) is 48.8. The Balaban J connectivity index is 1.42. The van der Waals surface area contributed by atoms with E-state index in [0.717, 1.165) is 103 Å². The van der Waals surface area contributed by atoms with E-state index >= 15 is 0 Å². The van der Waals surface area contributed by atoms with Gasteiger partial charge in [-0.25, -0.2) is 0 Å². The summed E-state index contributed by atoms with van der Waals surface area (Å²) in [5.41, 5.74) is 0. The van der Waals surface area contributed by atoms with Crippen LogP contribution in [0, 0.1) is 0 Å². The van der Waals surface area contributed by atoms with E-state index in [1.54, 1.807) is 6.08 Å². The van der Waals surface area contributed by atoms with Gasteiger partial charge >= 0.3 is 0 Å². The second-order valence-electron chi connectivity index (χ2n) is 27.4. The van der Waals surface area contributed by atoms with Crippen LogP contribution in [-0.4, -0.2) is 193 Å². The number of carbonyl (C=O) groups is 1. The predicted molar refractivity (Wildman–Crippen MR) is 397 cm³/mol. The van der Waals surface area contributed by atoms with Crippen LogP contribution in [0.2, 0.25) is 0 Å². The minimum absolute atomic E-state index is 0.207. The molecule has 17 atom stereocenters. The van der Waals surface area contributed by atoms with Crippen LogP contribution < -0.4 is 5.32 Å². The molecule has 576 valence electrons. The van der Waals surface area contributed by atoms with Crippen molar-refractivity contribution in [3.8, 4) is 0 Å². The van der Waals surface area contributed by atoms with Gasteiger partial charge < -0.3 is 89.9 Å². The fraction of sp³-hybridized carbons (Fsp3) is 0.765. The molecule has 3 fully saturated rings. The number of hydrogen-bond donors (Lipinski definition) is 12. The molecule has 3 saturated heterocycles. The minimum Gasteiger partial charge on any atom is -0.394 e. The topological polar surface area (TPSA) is 307 Å². The smallest absolute Gasteiger partial charge is 0.220 e. The summed E-state index contributed by atoms with van der Waals surface area (Å²) in [5.74, 6) is -0.302. The predicted octanol–water partition coefficient (Wildman–Crippen LogP) is 12.6. The van der Waals surface area contributed by atoms with Gasteiger partial charge in [-0.3, -0.25) is 4.79 Å². The van der Waals surface area contributed by atoms with Gasteiger partial charge in [-0.1, -0.05) is 284 Å². The highest BCUT2D eigenvalue weighted by atomic mass is 16.8. The number of rotatable bonds is 60. The monoisotopic (exact) mass is 1410 g/mol. The van der Waals surface area contributed by atoms with Gasteiger partial charge in [0.25, 0.3) is 0 Å². The maximum Gasteiger partial charge on any atom is 0.220 e. The number of hydrogen-bond acceptors (Lipinski definition) is 18. The molecular formula is C81H139NO18. The van der Waals surface area contributed by atoms with E-state index in [-0.39, 0.29) is 18.9 Å². The molecule has 3 aliphatic heterocycles. The Labute approximate surface area is 602 Å². The molecule has 0 saturated carbocycles. The molecule has 3 heterocycles. The lowest BCUT2D eigenvalue weighted by Gasteiger charge is -2.48. The molecule has 19 nitrogen and oxygen atoms in total. The molecule has 0 aromatic heterocycles. The van der Waals surface area contributed by atoms with Crippen molar-refractivity contribution in [3.63, 3.8) is 0 Å². The number of allylic oxidation sites excluding steroid dienone is 17. The highest BCUT2D eigenvalue weighted by molar-refractivity contribution is 5.76. The van der Waals surface area contributed by atoms with Crippen LogP contribution >= 0.6 is 0 Å².